The van der Waals surface area contributed by atoms with Gasteiger partial charge in [0.2, 0.25) is 17.7 Å². The van der Waals surface area contributed by atoms with Crippen molar-refractivity contribution in [2.45, 2.75) is 50.0 Å². The van der Waals surface area contributed by atoms with Crippen LogP contribution in [0.25, 0.3) is 0 Å². The average molecular weight is 593 g/mol. The quantitative estimate of drug-likeness (QED) is 0.307. The Labute approximate surface area is 253 Å². The molecule has 1 aromatic rings. The van der Waals surface area contributed by atoms with Crippen LogP contribution >= 0.6 is 0 Å². The van der Waals surface area contributed by atoms with E-state index in [2.05, 4.69) is 4.90 Å². The highest BCUT2D eigenvalue weighted by Crippen LogP contribution is 2.53. The molecule has 0 radical (unpaired) electrons. The van der Waals surface area contributed by atoms with Crippen molar-refractivity contribution in [3.8, 4) is 0 Å². The van der Waals surface area contributed by atoms with Gasteiger partial charge in [-0.15, -0.1) is 0 Å². The van der Waals surface area contributed by atoms with E-state index in [1.165, 1.54) is 0 Å². The predicted octanol–water partition coefficient (Wildman–Crippen LogP) is 1.45. The van der Waals surface area contributed by atoms with Crippen LogP contribution in [0.2, 0.25) is 0 Å². The van der Waals surface area contributed by atoms with E-state index in [-0.39, 0.29) is 24.3 Å². The molecule has 5 heterocycles. The third-order valence-corrected chi connectivity index (χ3v) is 9.64. The fraction of sp³-hybridized carbons (Fsp3) is 0.606. The number of rotatable bonds is 11. The topological polar surface area (TPSA) is 103 Å². The summed E-state index contributed by atoms with van der Waals surface area (Å²) in [4.78, 5) is 50.7. The van der Waals surface area contributed by atoms with Crippen molar-refractivity contribution in [3.63, 3.8) is 0 Å². The van der Waals surface area contributed by atoms with Gasteiger partial charge >= 0.3 is 0 Å². The molecule has 0 aliphatic carbocycles. The normalized spacial score (nSPS) is 30.8. The van der Waals surface area contributed by atoms with Crippen molar-refractivity contribution in [2.75, 3.05) is 65.6 Å². The summed E-state index contributed by atoms with van der Waals surface area (Å²) in [5, 5.41) is 9.20. The Morgan fingerprint density at radius 3 is 2.40 bits per heavy atom. The van der Waals surface area contributed by atoms with E-state index in [1.54, 1.807) is 9.80 Å². The van der Waals surface area contributed by atoms with Crippen LogP contribution in [0.1, 0.15) is 31.2 Å². The predicted molar refractivity (Wildman–Crippen MR) is 160 cm³/mol. The van der Waals surface area contributed by atoms with Gasteiger partial charge in [-0.25, -0.2) is 0 Å². The first-order valence-electron chi connectivity index (χ1n) is 15.9. The molecule has 3 amide bonds. The smallest absolute Gasteiger partial charge is 0.249 e. The number of unbranched alkanes of at least 4 members (excludes halogenated alkanes) is 3. The van der Waals surface area contributed by atoms with Gasteiger partial charge in [0, 0.05) is 59.0 Å². The van der Waals surface area contributed by atoms with Gasteiger partial charge in [-0.05, 0) is 18.4 Å². The minimum Gasteiger partial charge on any atom is -0.396 e. The van der Waals surface area contributed by atoms with Crippen LogP contribution in [-0.4, -0.2) is 126 Å². The molecule has 3 fully saturated rings. The van der Waals surface area contributed by atoms with Crippen LogP contribution < -0.4 is 0 Å². The molecular formula is C33H44N4O6. The second-order valence-electron chi connectivity index (χ2n) is 12.3. The van der Waals surface area contributed by atoms with Gasteiger partial charge in [0.15, 0.2) is 0 Å². The van der Waals surface area contributed by atoms with Crippen molar-refractivity contribution < 1.29 is 29.0 Å². The van der Waals surface area contributed by atoms with E-state index >= 15 is 0 Å². The molecule has 5 aliphatic rings. The highest BCUT2D eigenvalue weighted by Gasteiger charge is 2.71. The van der Waals surface area contributed by atoms with Crippen LogP contribution in [0, 0.1) is 11.8 Å². The van der Waals surface area contributed by atoms with Gasteiger partial charge in [-0.1, -0.05) is 67.5 Å². The first-order valence-corrected chi connectivity index (χ1v) is 15.9. The van der Waals surface area contributed by atoms with Crippen LogP contribution in [0.4, 0.5) is 0 Å². The second kappa shape index (κ2) is 13.3. The van der Waals surface area contributed by atoms with Gasteiger partial charge in [0.1, 0.15) is 11.6 Å². The number of hydrogen-bond donors (Lipinski definition) is 1. The molecule has 1 N–H and O–H groups in total. The zero-order chi connectivity index (χ0) is 29.8. The molecule has 6 rings (SSSR count). The molecule has 1 spiro atoms. The SMILES string of the molecule is O=C1C2N(CCCCCCO)C(=O)[C@@H]3[C@@H]4C(=O)N(Cc5ccccc5)CC=C[C@@H]4O[C@]23C=CCN1CCN1CCOCC1. The Hall–Kier alpha value is -3.05. The average Bonchev–Trinajstić information content (AvgIpc) is 3.34. The van der Waals surface area contributed by atoms with E-state index in [9.17, 15) is 19.5 Å². The van der Waals surface area contributed by atoms with Crippen LogP contribution in [-0.2, 0) is 30.4 Å². The Morgan fingerprint density at radius 1 is 0.837 bits per heavy atom. The number of hydrogen-bond acceptors (Lipinski definition) is 7. The Bertz CT molecular complexity index is 1220. The van der Waals surface area contributed by atoms with Crippen molar-refractivity contribution >= 4 is 17.7 Å². The first-order chi connectivity index (χ1) is 21.0. The molecule has 0 bridgehead atoms. The summed E-state index contributed by atoms with van der Waals surface area (Å²) in [6, 6.07) is 9.05. The van der Waals surface area contributed by atoms with Crippen molar-refractivity contribution in [1.29, 1.82) is 0 Å². The molecule has 232 valence electrons. The third kappa shape index (κ3) is 5.90. The largest absolute Gasteiger partial charge is 0.396 e. The summed E-state index contributed by atoms with van der Waals surface area (Å²) in [7, 11) is 0. The number of ether oxygens (including phenoxy) is 2. The number of fused-ring (bicyclic) bond motifs is 2. The molecular weight excluding hydrogens is 548 g/mol. The fourth-order valence-electron chi connectivity index (χ4n) is 7.46. The standard InChI is InChI=1S/C33H44N4O6/c38-21-7-2-1-6-16-37-29-32(41)35(18-17-34-19-22-42-23-20-34)15-9-13-33(29)28(31(37)40)27-26(43-33)12-8-14-36(30(27)39)24-25-10-4-3-5-11-25/h3-5,8-13,26-29,38H,1-2,6-7,14-24H2/t26-,27+,28-,29?,33-/m0/s1. The maximum absolute atomic E-state index is 14.4. The number of amides is 3. The molecule has 10 nitrogen and oxygen atoms in total. The zero-order valence-electron chi connectivity index (χ0n) is 24.9. The Morgan fingerprint density at radius 2 is 1.60 bits per heavy atom. The number of benzene rings is 1. The van der Waals surface area contributed by atoms with E-state index in [1.807, 2.05) is 59.5 Å². The summed E-state index contributed by atoms with van der Waals surface area (Å²) in [5.41, 5.74) is -0.171. The zero-order valence-corrected chi connectivity index (χ0v) is 24.9. The number of nitrogens with zero attached hydrogens (tertiary/aromatic N) is 4. The number of likely N-dealkylation sites (tertiary alicyclic amines) is 1. The van der Waals surface area contributed by atoms with Crippen molar-refractivity contribution in [2.24, 2.45) is 11.8 Å². The Balaban J connectivity index is 1.28. The van der Waals surface area contributed by atoms with E-state index in [0.717, 1.165) is 44.5 Å². The molecule has 0 saturated carbocycles. The van der Waals surface area contributed by atoms with E-state index in [0.29, 0.717) is 52.4 Å². The number of carbonyl (C=O) groups is 3. The minimum atomic E-state index is -1.20. The van der Waals surface area contributed by atoms with E-state index in [4.69, 9.17) is 9.47 Å². The number of morpholine rings is 1. The van der Waals surface area contributed by atoms with Gasteiger partial charge in [0.25, 0.3) is 0 Å². The van der Waals surface area contributed by atoms with Crippen LogP contribution in [0.5, 0.6) is 0 Å². The highest BCUT2D eigenvalue weighted by molar-refractivity contribution is 5.99. The lowest BCUT2D eigenvalue weighted by Crippen LogP contribution is -2.56. The maximum atomic E-state index is 14.4. The minimum absolute atomic E-state index is 0.105. The molecule has 3 saturated heterocycles. The van der Waals surface area contributed by atoms with Gasteiger partial charge in [-0.2, -0.15) is 0 Å². The molecule has 10 heteroatoms. The summed E-state index contributed by atoms with van der Waals surface area (Å²) in [6.45, 7) is 6.25. The molecule has 43 heavy (non-hydrogen) atoms. The molecule has 1 aromatic carbocycles. The first kappa shape index (κ1) is 30.0. The maximum Gasteiger partial charge on any atom is 0.249 e. The lowest BCUT2D eigenvalue weighted by atomic mass is 9.77. The van der Waals surface area contributed by atoms with Crippen molar-refractivity contribution in [1.82, 2.24) is 19.6 Å². The van der Waals surface area contributed by atoms with Gasteiger partial charge in [0.05, 0.1) is 31.2 Å². The summed E-state index contributed by atoms with van der Waals surface area (Å²) in [6.07, 6.45) is 10.3. The highest BCUT2D eigenvalue weighted by atomic mass is 16.5. The van der Waals surface area contributed by atoms with Gasteiger partial charge < -0.3 is 29.3 Å². The lowest BCUT2D eigenvalue weighted by molar-refractivity contribution is -0.148. The fourth-order valence-corrected chi connectivity index (χ4v) is 7.46. The number of carbonyl (C=O) groups excluding carboxylic acids is 3. The summed E-state index contributed by atoms with van der Waals surface area (Å²) >= 11 is 0. The van der Waals surface area contributed by atoms with Crippen LogP contribution in [0.3, 0.4) is 0 Å². The van der Waals surface area contributed by atoms with Gasteiger partial charge in [-0.3, -0.25) is 19.3 Å². The summed E-state index contributed by atoms with van der Waals surface area (Å²) < 4.78 is 12.3. The van der Waals surface area contributed by atoms with Crippen molar-refractivity contribution in [3.05, 3.63) is 60.2 Å². The number of aliphatic hydroxyl groups excluding tert-OH is 1. The second-order valence-corrected chi connectivity index (χ2v) is 12.3. The lowest BCUT2D eigenvalue weighted by Gasteiger charge is -2.36. The van der Waals surface area contributed by atoms with Crippen LogP contribution in [0.15, 0.2) is 54.6 Å². The molecule has 1 unspecified atom stereocenters. The molecule has 5 aliphatic heterocycles. The van der Waals surface area contributed by atoms with E-state index < -0.39 is 29.6 Å². The molecule has 5 atom stereocenters. The number of aliphatic hydroxyl groups is 1. The Kier molecular flexibility index (Phi) is 9.28. The summed E-state index contributed by atoms with van der Waals surface area (Å²) in [5.74, 6) is -1.86. The monoisotopic (exact) mass is 592 g/mol. The third-order valence-electron chi connectivity index (χ3n) is 9.64. The molecule has 0 aromatic heterocycles.